The van der Waals surface area contributed by atoms with Crippen LogP contribution in [0, 0.1) is 5.82 Å². The van der Waals surface area contributed by atoms with Crippen LogP contribution in [0.3, 0.4) is 0 Å². The molecule has 3 heterocycles. The van der Waals surface area contributed by atoms with Gasteiger partial charge in [-0.15, -0.1) is 0 Å². The van der Waals surface area contributed by atoms with E-state index in [2.05, 4.69) is 5.10 Å². The first-order valence-electron chi connectivity index (χ1n) is 8.62. The number of halogens is 2. The SMILES string of the molecule is O=C(OCC(=O)N1N=C(c2ccco2)CC1c1ccco1)c1cc(Cl)ccc1F. The number of hydrogen-bond donors (Lipinski definition) is 0. The third-order valence-corrected chi connectivity index (χ3v) is 4.55. The normalized spacial score (nSPS) is 16.0. The second-order valence-electron chi connectivity index (χ2n) is 6.20. The Bertz CT molecular complexity index is 1060. The molecule has 148 valence electrons. The molecule has 0 fully saturated rings. The van der Waals surface area contributed by atoms with E-state index >= 15 is 0 Å². The molecule has 1 aromatic carbocycles. The molecule has 0 aliphatic carbocycles. The van der Waals surface area contributed by atoms with Gasteiger partial charge >= 0.3 is 5.97 Å². The van der Waals surface area contributed by atoms with Crippen LogP contribution < -0.4 is 0 Å². The van der Waals surface area contributed by atoms with E-state index in [9.17, 15) is 14.0 Å². The predicted octanol–water partition coefficient (Wildman–Crippen LogP) is 4.20. The van der Waals surface area contributed by atoms with Crippen molar-refractivity contribution in [1.82, 2.24) is 5.01 Å². The standard InChI is InChI=1S/C20H14ClFN2O5/c21-12-5-6-14(22)13(9-12)20(26)29-11-19(25)24-16(18-4-2-8-28-18)10-15(23-24)17-3-1-7-27-17/h1-9,16H,10-11H2. The molecule has 1 aliphatic heterocycles. The van der Waals surface area contributed by atoms with Gasteiger partial charge in [0, 0.05) is 11.4 Å². The lowest BCUT2D eigenvalue weighted by atomic mass is 10.1. The number of hydrogen-bond acceptors (Lipinski definition) is 6. The summed E-state index contributed by atoms with van der Waals surface area (Å²) in [7, 11) is 0. The highest BCUT2D eigenvalue weighted by Gasteiger charge is 2.36. The molecule has 1 atom stereocenters. The molecule has 9 heteroatoms. The summed E-state index contributed by atoms with van der Waals surface area (Å²) in [6.45, 7) is -0.628. The summed E-state index contributed by atoms with van der Waals surface area (Å²) in [4.78, 5) is 24.8. The van der Waals surface area contributed by atoms with Crippen LogP contribution in [-0.2, 0) is 9.53 Å². The van der Waals surface area contributed by atoms with E-state index in [0.29, 0.717) is 23.7 Å². The van der Waals surface area contributed by atoms with Crippen molar-refractivity contribution in [3.05, 3.63) is 82.9 Å². The van der Waals surface area contributed by atoms with Gasteiger partial charge in [-0.25, -0.2) is 14.2 Å². The van der Waals surface area contributed by atoms with Gasteiger partial charge in [-0.1, -0.05) is 11.6 Å². The van der Waals surface area contributed by atoms with Crippen LogP contribution in [0.25, 0.3) is 0 Å². The summed E-state index contributed by atoms with van der Waals surface area (Å²) >= 11 is 5.78. The molecular weight excluding hydrogens is 403 g/mol. The van der Waals surface area contributed by atoms with Crippen LogP contribution in [0.15, 0.2) is 68.9 Å². The molecule has 0 radical (unpaired) electrons. The van der Waals surface area contributed by atoms with E-state index in [1.54, 1.807) is 24.3 Å². The molecule has 1 amide bonds. The van der Waals surface area contributed by atoms with Crippen molar-refractivity contribution in [3.8, 4) is 0 Å². The first-order valence-corrected chi connectivity index (χ1v) is 8.99. The first kappa shape index (κ1) is 18.9. The van der Waals surface area contributed by atoms with Crippen LogP contribution >= 0.6 is 11.6 Å². The minimum Gasteiger partial charge on any atom is -0.467 e. The monoisotopic (exact) mass is 416 g/mol. The fourth-order valence-electron chi connectivity index (χ4n) is 2.96. The molecule has 0 bridgehead atoms. The Morgan fingerprint density at radius 2 is 2.00 bits per heavy atom. The third-order valence-electron chi connectivity index (χ3n) is 4.32. The second-order valence-corrected chi connectivity index (χ2v) is 6.63. The Morgan fingerprint density at radius 3 is 2.72 bits per heavy atom. The zero-order valence-corrected chi connectivity index (χ0v) is 15.6. The number of hydrazone groups is 1. The molecule has 4 rings (SSSR count). The number of nitrogens with zero attached hydrogens (tertiary/aromatic N) is 2. The number of furan rings is 2. The maximum Gasteiger partial charge on any atom is 0.341 e. The highest BCUT2D eigenvalue weighted by Crippen LogP contribution is 2.33. The van der Waals surface area contributed by atoms with E-state index in [1.807, 2.05) is 0 Å². The Kier molecular flexibility index (Phi) is 5.18. The molecule has 0 saturated carbocycles. The molecular formula is C20H14ClFN2O5. The van der Waals surface area contributed by atoms with Gasteiger partial charge in [0.25, 0.3) is 5.91 Å². The van der Waals surface area contributed by atoms with Crippen molar-refractivity contribution in [3.63, 3.8) is 0 Å². The fourth-order valence-corrected chi connectivity index (χ4v) is 3.13. The van der Waals surface area contributed by atoms with Gasteiger partial charge in [0.15, 0.2) is 6.61 Å². The Balaban J connectivity index is 1.50. The number of amides is 1. The van der Waals surface area contributed by atoms with Crippen molar-refractivity contribution in [2.45, 2.75) is 12.5 Å². The Labute approximate surface area is 169 Å². The van der Waals surface area contributed by atoms with Gasteiger partial charge in [-0.3, -0.25) is 4.79 Å². The largest absolute Gasteiger partial charge is 0.467 e. The quantitative estimate of drug-likeness (QED) is 0.582. The number of carbonyl (C=O) groups excluding carboxylic acids is 2. The molecule has 1 unspecified atom stereocenters. The van der Waals surface area contributed by atoms with Crippen LogP contribution in [0.5, 0.6) is 0 Å². The van der Waals surface area contributed by atoms with Gasteiger partial charge in [-0.05, 0) is 42.5 Å². The lowest BCUT2D eigenvalue weighted by molar-refractivity contribution is -0.136. The van der Waals surface area contributed by atoms with Crippen molar-refractivity contribution in [1.29, 1.82) is 0 Å². The topological polar surface area (TPSA) is 85.3 Å². The van der Waals surface area contributed by atoms with Gasteiger partial charge in [0.05, 0.1) is 18.1 Å². The van der Waals surface area contributed by atoms with Crippen LogP contribution in [0.4, 0.5) is 4.39 Å². The zero-order chi connectivity index (χ0) is 20.4. The summed E-state index contributed by atoms with van der Waals surface area (Å²) in [5.41, 5.74) is 0.200. The molecule has 29 heavy (non-hydrogen) atoms. The number of carbonyl (C=O) groups is 2. The van der Waals surface area contributed by atoms with Gasteiger partial charge < -0.3 is 13.6 Å². The molecule has 2 aromatic heterocycles. The van der Waals surface area contributed by atoms with Crippen molar-refractivity contribution in [2.75, 3.05) is 6.61 Å². The van der Waals surface area contributed by atoms with Crippen molar-refractivity contribution in [2.24, 2.45) is 5.10 Å². The number of rotatable bonds is 5. The summed E-state index contributed by atoms with van der Waals surface area (Å²) in [5.74, 6) is -1.34. The summed E-state index contributed by atoms with van der Waals surface area (Å²) < 4.78 is 29.6. The maximum absolute atomic E-state index is 13.8. The van der Waals surface area contributed by atoms with Crippen molar-refractivity contribution >= 4 is 29.2 Å². The summed E-state index contributed by atoms with van der Waals surface area (Å²) in [6.07, 6.45) is 3.36. The average Bonchev–Trinajstić information content (AvgIpc) is 3.47. The average molecular weight is 417 g/mol. The van der Waals surface area contributed by atoms with Crippen LogP contribution in [0.1, 0.15) is 34.3 Å². The minimum atomic E-state index is -0.998. The second kappa shape index (κ2) is 7.92. The minimum absolute atomic E-state index is 0.176. The van der Waals surface area contributed by atoms with Crippen LogP contribution in [0.2, 0.25) is 5.02 Å². The lowest BCUT2D eigenvalue weighted by Gasteiger charge is -2.19. The molecule has 7 nitrogen and oxygen atoms in total. The molecule has 1 aliphatic rings. The van der Waals surface area contributed by atoms with Crippen molar-refractivity contribution < 1.29 is 27.6 Å². The molecule has 0 N–H and O–H groups in total. The highest BCUT2D eigenvalue weighted by atomic mass is 35.5. The highest BCUT2D eigenvalue weighted by molar-refractivity contribution is 6.30. The number of benzene rings is 1. The van der Waals surface area contributed by atoms with E-state index in [1.165, 1.54) is 23.6 Å². The fraction of sp³-hybridized carbons (Fsp3) is 0.150. The van der Waals surface area contributed by atoms with Gasteiger partial charge in [0.1, 0.15) is 29.1 Å². The maximum atomic E-state index is 13.8. The number of ether oxygens (including phenoxy) is 1. The van der Waals surface area contributed by atoms with E-state index in [-0.39, 0.29) is 10.6 Å². The van der Waals surface area contributed by atoms with E-state index in [0.717, 1.165) is 12.1 Å². The molecule has 3 aromatic rings. The van der Waals surface area contributed by atoms with E-state index in [4.69, 9.17) is 25.2 Å². The smallest absolute Gasteiger partial charge is 0.341 e. The predicted molar refractivity (Wildman–Crippen MR) is 99.8 cm³/mol. The third kappa shape index (κ3) is 3.93. The van der Waals surface area contributed by atoms with Crippen LogP contribution in [-0.4, -0.2) is 29.2 Å². The van der Waals surface area contributed by atoms with E-state index < -0.39 is 30.3 Å². The number of esters is 1. The van der Waals surface area contributed by atoms with Gasteiger partial charge in [-0.2, -0.15) is 5.10 Å². The molecule has 0 saturated heterocycles. The summed E-state index contributed by atoms with van der Waals surface area (Å²) in [6, 6.07) is 9.84. The lowest BCUT2D eigenvalue weighted by Crippen LogP contribution is -2.31. The Hall–Kier alpha value is -3.39. The Morgan fingerprint density at radius 1 is 1.21 bits per heavy atom. The zero-order valence-electron chi connectivity index (χ0n) is 14.9. The summed E-state index contributed by atoms with van der Waals surface area (Å²) in [5, 5.41) is 5.67. The first-order chi connectivity index (χ1) is 14.0. The molecule has 0 spiro atoms. The van der Waals surface area contributed by atoms with Gasteiger partial charge in [0.2, 0.25) is 0 Å².